The summed E-state index contributed by atoms with van der Waals surface area (Å²) in [6, 6.07) is 0. The van der Waals surface area contributed by atoms with Crippen LogP contribution >= 0.6 is 0 Å². The fourth-order valence-corrected chi connectivity index (χ4v) is 4.38. The van der Waals surface area contributed by atoms with Gasteiger partial charge in [0.25, 0.3) is 0 Å². The van der Waals surface area contributed by atoms with Gasteiger partial charge in [-0.2, -0.15) is 0 Å². The molecule has 0 aromatic rings. The van der Waals surface area contributed by atoms with Crippen molar-refractivity contribution in [1.29, 1.82) is 0 Å². The first-order chi connectivity index (χ1) is 14.2. The Kier molecular flexibility index (Phi) is 14.3. The van der Waals surface area contributed by atoms with Crippen molar-refractivity contribution >= 4 is 14.5 Å². The van der Waals surface area contributed by atoms with Gasteiger partial charge in [0.2, 0.25) is 0 Å². The second kappa shape index (κ2) is 14.6. The Morgan fingerprint density at radius 1 is 0.548 bits per heavy atom. The minimum atomic E-state index is -6.00. The summed E-state index contributed by atoms with van der Waals surface area (Å²) >= 11 is 0. The van der Waals surface area contributed by atoms with Gasteiger partial charge in [-0.3, -0.25) is 0 Å². The molecule has 2 aliphatic rings. The first-order valence-electron chi connectivity index (χ1n) is 11.3. The number of halogens is 8. The zero-order valence-corrected chi connectivity index (χ0v) is 18.8. The zero-order chi connectivity index (χ0) is 24.0. The van der Waals surface area contributed by atoms with E-state index in [0.29, 0.717) is 0 Å². The Balaban J connectivity index is 0.000000752. The molecule has 0 unspecified atom stereocenters. The van der Waals surface area contributed by atoms with Crippen molar-refractivity contribution in [3.8, 4) is 0 Å². The van der Waals surface area contributed by atoms with E-state index in [1.165, 1.54) is 99.8 Å². The lowest BCUT2D eigenvalue weighted by atomic mass is 10.1. The smallest absolute Gasteiger partial charge is 0.418 e. The molecule has 13 heteroatoms. The molecule has 2 heterocycles. The average molecular weight is 472 g/mol. The van der Waals surface area contributed by atoms with Crippen molar-refractivity contribution in [2.45, 2.75) is 52.4 Å². The molecule has 3 nitrogen and oxygen atoms in total. The van der Waals surface area contributed by atoms with Crippen LogP contribution in [0, 0.1) is 0 Å². The van der Waals surface area contributed by atoms with Crippen molar-refractivity contribution in [2.24, 2.45) is 0 Å². The molecular weight excluding hydrogens is 434 g/mol. The molecule has 0 aromatic carbocycles. The van der Waals surface area contributed by atoms with Crippen molar-refractivity contribution in [3.05, 3.63) is 0 Å². The molecular formula is C18H38B2F8N2O. The van der Waals surface area contributed by atoms with Crippen LogP contribution < -0.4 is 0 Å². The molecule has 0 atom stereocenters. The molecule has 2 saturated heterocycles. The van der Waals surface area contributed by atoms with Crippen LogP contribution in [0.2, 0.25) is 0 Å². The minimum Gasteiger partial charge on any atom is -0.418 e. The highest BCUT2D eigenvalue weighted by Crippen LogP contribution is 2.19. The van der Waals surface area contributed by atoms with E-state index in [1.807, 2.05) is 0 Å². The summed E-state index contributed by atoms with van der Waals surface area (Å²) in [4.78, 5) is 0. The predicted octanol–water partition coefficient (Wildman–Crippen LogP) is 5.64. The van der Waals surface area contributed by atoms with Gasteiger partial charge in [-0.15, -0.1) is 0 Å². The molecule has 0 saturated carbocycles. The molecule has 188 valence electrons. The topological polar surface area (TPSA) is 9.23 Å². The second-order valence-electron chi connectivity index (χ2n) is 8.38. The van der Waals surface area contributed by atoms with E-state index in [2.05, 4.69) is 13.8 Å². The number of ether oxygens (including phenoxy) is 1. The summed E-state index contributed by atoms with van der Waals surface area (Å²) in [6.45, 7) is 17.2. The molecule has 2 aliphatic heterocycles. The lowest BCUT2D eigenvalue weighted by Crippen LogP contribution is -2.54. The van der Waals surface area contributed by atoms with Crippen LogP contribution in [0.25, 0.3) is 0 Å². The van der Waals surface area contributed by atoms with Gasteiger partial charge in [-0.25, -0.2) is 0 Å². The summed E-state index contributed by atoms with van der Waals surface area (Å²) in [7, 11) is -12.0. The van der Waals surface area contributed by atoms with Gasteiger partial charge in [-0.1, -0.05) is 0 Å². The van der Waals surface area contributed by atoms with Crippen LogP contribution in [0.3, 0.4) is 0 Å². The van der Waals surface area contributed by atoms with Gasteiger partial charge in [0.1, 0.15) is 13.1 Å². The van der Waals surface area contributed by atoms with Crippen LogP contribution in [-0.2, 0) is 4.74 Å². The molecule has 0 aromatic heterocycles. The Labute approximate surface area is 181 Å². The van der Waals surface area contributed by atoms with Gasteiger partial charge < -0.3 is 48.2 Å². The van der Waals surface area contributed by atoms with E-state index in [4.69, 9.17) is 4.74 Å². The third kappa shape index (κ3) is 17.7. The van der Waals surface area contributed by atoms with Crippen LogP contribution in [0.5, 0.6) is 0 Å². The molecule has 2 rings (SSSR count). The quantitative estimate of drug-likeness (QED) is 0.192. The molecule has 31 heavy (non-hydrogen) atoms. The summed E-state index contributed by atoms with van der Waals surface area (Å²) in [5.74, 6) is 0. The number of rotatable bonds is 8. The van der Waals surface area contributed by atoms with Crippen molar-refractivity contribution in [3.63, 3.8) is 0 Å². The average Bonchev–Trinajstić information content (AvgIpc) is 2.67. The van der Waals surface area contributed by atoms with E-state index >= 15 is 0 Å². The first kappa shape index (κ1) is 30.4. The molecule has 0 radical (unpaired) electrons. The fourth-order valence-electron chi connectivity index (χ4n) is 4.38. The largest absolute Gasteiger partial charge is 0.673 e. The zero-order valence-electron chi connectivity index (χ0n) is 18.8. The third-order valence-corrected chi connectivity index (χ3v) is 6.29. The minimum absolute atomic E-state index is 0.970. The number of nitrogens with zero attached hydrogens (tertiary/aromatic N) is 2. The maximum atomic E-state index is 9.75. The van der Waals surface area contributed by atoms with Gasteiger partial charge in [0.05, 0.1) is 52.5 Å². The molecule has 0 aliphatic carbocycles. The fraction of sp³-hybridized carbons (Fsp3) is 1.00. The van der Waals surface area contributed by atoms with E-state index in [-0.39, 0.29) is 0 Å². The Morgan fingerprint density at radius 3 is 1.03 bits per heavy atom. The highest BCUT2D eigenvalue weighted by Gasteiger charge is 2.29. The number of hydrogen-bond acceptors (Lipinski definition) is 1. The van der Waals surface area contributed by atoms with Gasteiger partial charge in [0.15, 0.2) is 0 Å². The summed E-state index contributed by atoms with van der Waals surface area (Å²) in [5.41, 5.74) is 0. The molecule has 0 amide bonds. The maximum Gasteiger partial charge on any atom is 0.673 e. The Morgan fingerprint density at radius 2 is 0.806 bits per heavy atom. The van der Waals surface area contributed by atoms with Crippen molar-refractivity contribution in [2.75, 3.05) is 65.6 Å². The highest BCUT2D eigenvalue weighted by molar-refractivity contribution is 6.50. The van der Waals surface area contributed by atoms with Gasteiger partial charge in [-0.05, 0) is 52.4 Å². The summed E-state index contributed by atoms with van der Waals surface area (Å²) < 4.78 is 86.7. The monoisotopic (exact) mass is 472 g/mol. The van der Waals surface area contributed by atoms with E-state index in [1.54, 1.807) is 0 Å². The predicted molar refractivity (Wildman–Crippen MR) is 110 cm³/mol. The van der Waals surface area contributed by atoms with Gasteiger partial charge in [0, 0.05) is 0 Å². The number of quaternary nitrogens is 2. The molecule has 0 spiro atoms. The normalized spacial score (nSPS) is 20.7. The van der Waals surface area contributed by atoms with Crippen LogP contribution in [-0.4, -0.2) is 89.0 Å². The maximum absolute atomic E-state index is 9.75. The molecule has 0 bridgehead atoms. The highest BCUT2D eigenvalue weighted by atomic mass is 19.5. The van der Waals surface area contributed by atoms with E-state index in [0.717, 1.165) is 13.2 Å². The number of likely N-dealkylation sites (tertiary alicyclic amines) is 2. The Hall–Kier alpha value is -0.550. The van der Waals surface area contributed by atoms with Gasteiger partial charge >= 0.3 is 14.5 Å². The number of hydrogen-bond donors (Lipinski definition) is 0. The van der Waals surface area contributed by atoms with Crippen molar-refractivity contribution < 1.29 is 48.2 Å². The van der Waals surface area contributed by atoms with E-state index in [9.17, 15) is 34.5 Å². The van der Waals surface area contributed by atoms with Crippen LogP contribution in [0.15, 0.2) is 0 Å². The number of likely N-dealkylation sites (N-methyl/N-ethyl adjacent to an activating group) is 2. The summed E-state index contributed by atoms with van der Waals surface area (Å²) in [5, 5.41) is 0. The third-order valence-electron chi connectivity index (χ3n) is 6.29. The van der Waals surface area contributed by atoms with E-state index < -0.39 is 14.5 Å². The second-order valence-corrected chi connectivity index (χ2v) is 8.38. The molecule has 0 N–H and O–H groups in total. The van der Waals surface area contributed by atoms with Crippen LogP contribution in [0.1, 0.15) is 52.4 Å². The number of piperidine rings is 2. The first-order valence-corrected chi connectivity index (χ1v) is 11.3. The lowest BCUT2D eigenvalue weighted by molar-refractivity contribution is -0.934. The Bertz CT molecular complexity index is 403. The molecule has 2 fully saturated rings. The van der Waals surface area contributed by atoms with Crippen LogP contribution in [0.4, 0.5) is 34.5 Å². The van der Waals surface area contributed by atoms with Crippen molar-refractivity contribution in [1.82, 2.24) is 0 Å². The standard InChI is InChI=1S/C18H38N2O.2BF4/c1-3-19(11-7-5-8-12-19)15-17-21-18-16-20(4-2)13-9-6-10-14-20;2*2-1(3,4)5/h3-18H2,1-2H3;;/q+2;2*-1. The summed E-state index contributed by atoms with van der Waals surface area (Å²) in [6.07, 6.45) is 8.56. The lowest BCUT2D eigenvalue weighted by Gasteiger charge is -2.41. The SMILES string of the molecule is CC[N+]1(CCOCC[N+]2(CC)CCCCC2)CCCCC1.F[B-](F)(F)F.F[B-](F)(F)F.